The van der Waals surface area contributed by atoms with Gasteiger partial charge in [0.05, 0.1) is 13.3 Å². The van der Waals surface area contributed by atoms with Crippen LogP contribution in [0.5, 0.6) is 5.75 Å². The normalized spacial score (nSPS) is 12.0. The maximum absolute atomic E-state index is 12.3. The summed E-state index contributed by atoms with van der Waals surface area (Å²) in [6.07, 6.45) is -3.54. The molecule has 0 aromatic heterocycles. The van der Waals surface area contributed by atoms with Crippen molar-refractivity contribution in [3.63, 3.8) is 0 Å². The minimum atomic E-state index is -4.78. The Morgan fingerprint density at radius 2 is 1.87 bits per heavy atom. The largest absolute Gasteiger partial charge is 0.573 e. The topological polar surface area (TPSA) is 78.7 Å². The van der Waals surface area contributed by atoms with Gasteiger partial charge in [0.2, 0.25) is 0 Å². The Hall–Kier alpha value is -3.56. The van der Waals surface area contributed by atoms with Gasteiger partial charge in [0.15, 0.2) is 5.71 Å². The molecule has 0 saturated heterocycles. The second-order valence-electron chi connectivity index (χ2n) is 5.84. The van der Waals surface area contributed by atoms with E-state index in [0.29, 0.717) is 16.7 Å². The first-order chi connectivity index (χ1) is 14.2. The van der Waals surface area contributed by atoms with E-state index >= 15 is 0 Å². The number of oxime groups is 2. The van der Waals surface area contributed by atoms with Gasteiger partial charge in [0.1, 0.15) is 19.5 Å². The fraction of sp³-hybridized carbons (Fsp3) is 0.250. The monoisotopic (exact) mass is 424 g/mol. The summed E-state index contributed by atoms with van der Waals surface area (Å²) in [4.78, 5) is 22.0. The highest BCUT2D eigenvalue weighted by molar-refractivity contribution is 6.43. The van der Waals surface area contributed by atoms with Crippen LogP contribution in [0.4, 0.5) is 13.2 Å². The Labute approximate surface area is 170 Å². The summed E-state index contributed by atoms with van der Waals surface area (Å²) in [7, 11) is 2.52. The van der Waals surface area contributed by atoms with Crippen molar-refractivity contribution >= 4 is 17.9 Å². The Kier molecular flexibility index (Phi) is 7.79. The third-order valence-electron chi connectivity index (χ3n) is 3.80. The standard InChI is InChI=1S/C20H19F3N2O5/c1-13-6-4-9-16(18(25-28-3)19(26)27-2)17(13)12-29-24-11-14-7-5-8-15(10-14)30-20(21,22)23/h4-11H,12H2,1-3H3/b24-11+,25-18+. The first-order valence-corrected chi connectivity index (χ1v) is 8.54. The lowest BCUT2D eigenvalue weighted by molar-refractivity contribution is -0.274. The van der Waals surface area contributed by atoms with Gasteiger partial charge >= 0.3 is 12.3 Å². The molecule has 0 atom stereocenters. The Morgan fingerprint density at radius 1 is 1.13 bits per heavy atom. The van der Waals surface area contributed by atoms with Crippen LogP contribution in [0.15, 0.2) is 52.8 Å². The number of nitrogens with zero attached hydrogens (tertiary/aromatic N) is 2. The third-order valence-corrected chi connectivity index (χ3v) is 3.80. The zero-order valence-electron chi connectivity index (χ0n) is 16.4. The van der Waals surface area contributed by atoms with Crippen molar-refractivity contribution in [2.45, 2.75) is 19.9 Å². The number of methoxy groups -OCH3 is 1. The van der Waals surface area contributed by atoms with Crippen molar-refractivity contribution < 1.29 is 37.1 Å². The Bertz CT molecular complexity index is 942. The number of benzene rings is 2. The SMILES string of the molecule is CO/N=C(/C(=O)OC)c1cccc(C)c1CO/N=C/c1cccc(OC(F)(F)F)c1. The van der Waals surface area contributed by atoms with E-state index in [-0.39, 0.29) is 18.1 Å². The highest BCUT2D eigenvalue weighted by Gasteiger charge is 2.31. The van der Waals surface area contributed by atoms with Crippen molar-refractivity contribution in [1.82, 2.24) is 0 Å². The number of halogens is 3. The number of alkyl halides is 3. The zero-order chi connectivity index (χ0) is 22.1. The summed E-state index contributed by atoms with van der Waals surface area (Å²) in [5.74, 6) is -1.06. The number of carbonyl (C=O) groups excluding carboxylic acids is 1. The molecule has 7 nitrogen and oxygen atoms in total. The number of hydrogen-bond donors (Lipinski definition) is 0. The second kappa shape index (κ2) is 10.3. The van der Waals surface area contributed by atoms with Gasteiger partial charge in [-0.15, -0.1) is 13.2 Å². The molecular formula is C20H19F3N2O5. The molecule has 0 spiro atoms. The van der Waals surface area contributed by atoms with Gasteiger partial charge in [0.25, 0.3) is 0 Å². The summed E-state index contributed by atoms with van der Waals surface area (Å²) in [6, 6.07) is 10.5. The molecule has 0 saturated carbocycles. The Morgan fingerprint density at radius 3 is 2.53 bits per heavy atom. The van der Waals surface area contributed by atoms with Gasteiger partial charge in [-0.2, -0.15) is 0 Å². The van der Waals surface area contributed by atoms with Crippen LogP contribution >= 0.6 is 0 Å². The van der Waals surface area contributed by atoms with Crippen molar-refractivity contribution in [1.29, 1.82) is 0 Å². The Balaban J connectivity index is 2.16. The first kappa shape index (κ1) is 22.7. The summed E-state index contributed by atoms with van der Waals surface area (Å²) < 4.78 is 45.5. The molecule has 0 heterocycles. The van der Waals surface area contributed by atoms with Crippen LogP contribution in [0.2, 0.25) is 0 Å². The van der Waals surface area contributed by atoms with E-state index in [9.17, 15) is 18.0 Å². The number of rotatable bonds is 8. The molecule has 0 amide bonds. The zero-order valence-corrected chi connectivity index (χ0v) is 16.4. The first-order valence-electron chi connectivity index (χ1n) is 8.54. The van der Waals surface area contributed by atoms with Crippen molar-refractivity contribution in [2.75, 3.05) is 14.2 Å². The fourth-order valence-electron chi connectivity index (χ4n) is 2.49. The molecule has 0 bridgehead atoms. The van der Waals surface area contributed by atoms with E-state index in [1.165, 1.54) is 44.7 Å². The minimum absolute atomic E-state index is 0.0308. The van der Waals surface area contributed by atoms with Gasteiger partial charge in [-0.05, 0) is 30.2 Å². The molecule has 10 heteroatoms. The van der Waals surface area contributed by atoms with E-state index in [4.69, 9.17) is 14.4 Å². The van der Waals surface area contributed by atoms with Crippen LogP contribution in [-0.2, 0) is 25.8 Å². The minimum Gasteiger partial charge on any atom is -0.464 e. The lowest BCUT2D eigenvalue weighted by atomic mass is 9.99. The molecule has 2 rings (SSSR count). The van der Waals surface area contributed by atoms with E-state index in [2.05, 4.69) is 15.0 Å². The maximum Gasteiger partial charge on any atom is 0.573 e. The smallest absolute Gasteiger partial charge is 0.464 e. The molecule has 0 fully saturated rings. The number of aryl methyl sites for hydroxylation is 1. The van der Waals surface area contributed by atoms with Crippen LogP contribution in [-0.4, -0.2) is 38.5 Å². The summed E-state index contributed by atoms with van der Waals surface area (Å²) >= 11 is 0. The number of ether oxygens (including phenoxy) is 2. The lowest BCUT2D eigenvalue weighted by Gasteiger charge is -2.12. The van der Waals surface area contributed by atoms with E-state index in [1.807, 2.05) is 13.0 Å². The van der Waals surface area contributed by atoms with E-state index in [1.54, 1.807) is 12.1 Å². The summed E-state index contributed by atoms with van der Waals surface area (Å²) in [5.41, 5.74) is 2.17. The lowest BCUT2D eigenvalue weighted by Crippen LogP contribution is -2.20. The maximum atomic E-state index is 12.3. The molecule has 0 aliphatic rings. The molecule has 30 heavy (non-hydrogen) atoms. The third kappa shape index (κ3) is 6.50. The van der Waals surface area contributed by atoms with Crippen LogP contribution in [0.25, 0.3) is 0 Å². The van der Waals surface area contributed by atoms with Crippen LogP contribution in [0.3, 0.4) is 0 Å². The van der Waals surface area contributed by atoms with Crippen molar-refractivity contribution in [3.05, 3.63) is 64.7 Å². The average molecular weight is 424 g/mol. The number of esters is 1. The predicted octanol–water partition coefficient (Wildman–Crippen LogP) is 3.97. The summed E-state index contributed by atoms with van der Waals surface area (Å²) in [5, 5.41) is 7.50. The van der Waals surface area contributed by atoms with E-state index < -0.39 is 12.3 Å². The molecule has 160 valence electrons. The van der Waals surface area contributed by atoms with Crippen LogP contribution in [0.1, 0.15) is 22.3 Å². The number of carbonyl (C=O) groups is 1. The molecule has 0 unspecified atom stereocenters. The fourth-order valence-corrected chi connectivity index (χ4v) is 2.49. The van der Waals surface area contributed by atoms with E-state index in [0.717, 1.165) is 5.56 Å². The van der Waals surface area contributed by atoms with Crippen LogP contribution < -0.4 is 4.74 Å². The second-order valence-corrected chi connectivity index (χ2v) is 5.84. The predicted molar refractivity (Wildman–Crippen MR) is 102 cm³/mol. The molecule has 0 aliphatic carbocycles. The quantitative estimate of drug-likeness (QED) is 0.364. The molecule has 0 radical (unpaired) electrons. The molecular weight excluding hydrogens is 405 g/mol. The number of hydrogen-bond acceptors (Lipinski definition) is 7. The molecule has 0 aliphatic heterocycles. The van der Waals surface area contributed by atoms with Gasteiger partial charge in [-0.1, -0.05) is 40.6 Å². The average Bonchev–Trinajstić information content (AvgIpc) is 2.69. The molecule has 2 aromatic rings. The van der Waals surface area contributed by atoms with Gasteiger partial charge in [-0.25, -0.2) is 4.79 Å². The van der Waals surface area contributed by atoms with Gasteiger partial charge < -0.3 is 19.1 Å². The van der Waals surface area contributed by atoms with Gasteiger partial charge in [-0.3, -0.25) is 0 Å². The summed E-state index contributed by atoms with van der Waals surface area (Å²) in [6.45, 7) is 1.78. The highest BCUT2D eigenvalue weighted by Crippen LogP contribution is 2.23. The highest BCUT2D eigenvalue weighted by atomic mass is 19.4. The van der Waals surface area contributed by atoms with Crippen molar-refractivity contribution in [2.24, 2.45) is 10.3 Å². The molecule has 2 aromatic carbocycles. The van der Waals surface area contributed by atoms with Gasteiger partial charge in [0, 0.05) is 11.1 Å². The van der Waals surface area contributed by atoms with Crippen molar-refractivity contribution in [3.8, 4) is 5.75 Å². The van der Waals surface area contributed by atoms with Crippen LogP contribution in [0, 0.1) is 6.92 Å². The molecule has 0 N–H and O–H groups in total.